The maximum Gasteiger partial charge on any atom is 0.246 e. The summed E-state index contributed by atoms with van der Waals surface area (Å²) < 4.78 is 0.661. The van der Waals surface area contributed by atoms with E-state index in [0.29, 0.717) is 26.8 Å². The molecular formula is C11H9BrCl2N2O2. The van der Waals surface area contributed by atoms with Crippen molar-refractivity contribution >= 4 is 56.6 Å². The topological polar surface area (TPSA) is 49.4 Å². The molecule has 1 N–H and O–H groups in total. The summed E-state index contributed by atoms with van der Waals surface area (Å²) >= 11 is 15.4. The molecule has 1 aliphatic rings. The Morgan fingerprint density at radius 1 is 1.22 bits per heavy atom. The van der Waals surface area contributed by atoms with Crippen molar-refractivity contribution in [2.75, 3.05) is 18.0 Å². The van der Waals surface area contributed by atoms with Crippen LogP contribution in [0.15, 0.2) is 16.6 Å². The number of carbonyl (C=O) groups excluding carboxylic acids is 2. The molecule has 1 aliphatic heterocycles. The lowest BCUT2D eigenvalue weighted by atomic mass is 10.2. The number of carbonyl (C=O) groups is 2. The summed E-state index contributed by atoms with van der Waals surface area (Å²) in [5.41, 5.74) is 0.520. The zero-order chi connectivity index (χ0) is 13.3. The molecule has 4 nitrogen and oxygen atoms in total. The second-order valence-corrected chi connectivity index (χ2v) is 5.38. The van der Waals surface area contributed by atoms with Gasteiger partial charge in [-0.25, -0.2) is 0 Å². The Hall–Kier alpha value is -0.780. The molecule has 0 aromatic heterocycles. The lowest BCUT2D eigenvalue weighted by molar-refractivity contribution is -0.123. The molecule has 2 rings (SSSR count). The molecule has 0 aliphatic carbocycles. The van der Waals surface area contributed by atoms with Gasteiger partial charge < -0.3 is 10.2 Å². The molecule has 1 aromatic carbocycles. The number of amides is 2. The average Bonchev–Trinajstić information content (AvgIpc) is 2.50. The van der Waals surface area contributed by atoms with Crippen molar-refractivity contribution in [3.05, 3.63) is 26.7 Å². The Labute approximate surface area is 122 Å². The van der Waals surface area contributed by atoms with Crippen LogP contribution in [0.25, 0.3) is 0 Å². The lowest BCUT2D eigenvalue weighted by Crippen LogP contribution is -2.35. The van der Waals surface area contributed by atoms with Crippen LogP contribution in [0.4, 0.5) is 5.69 Å². The van der Waals surface area contributed by atoms with Crippen molar-refractivity contribution < 1.29 is 9.59 Å². The number of benzene rings is 1. The van der Waals surface area contributed by atoms with Crippen LogP contribution in [0.3, 0.4) is 0 Å². The van der Waals surface area contributed by atoms with Gasteiger partial charge in [-0.2, -0.15) is 0 Å². The van der Waals surface area contributed by atoms with E-state index < -0.39 is 0 Å². The monoisotopic (exact) mass is 350 g/mol. The van der Waals surface area contributed by atoms with Gasteiger partial charge in [0.15, 0.2) is 0 Å². The van der Waals surface area contributed by atoms with Gasteiger partial charge in [-0.05, 0) is 28.1 Å². The van der Waals surface area contributed by atoms with Gasteiger partial charge in [0.2, 0.25) is 11.8 Å². The van der Waals surface area contributed by atoms with Crippen molar-refractivity contribution in [2.45, 2.75) is 6.42 Å². The lowest BCUT2D eigenvalue weighted by Gasteiger charge is -2.21. The van der Waals surface area contributed by atoms with Crippen molar-refractivity contribution in [2.24, 2.45) is 0 Å². The van der Waals surface area contributed by atoms with E-state index in [-0.39, 0.29) is 24.8 Å². The summed E-state index contributed by atoms with van der Waals surface area (Å²) in [6, 6.07) is 3.42. The van der Waals surface area contributed by atoms with Gasteiger partial charge in [-0.1, -0.05) is 23.2 Å². The largest absolute Gasteiger partial charge is 0.347 e. The summed E-state index contributed by atoms with van der Waals surface area (Å²) in [5.74, 6) is -0.355. The number of rotatable bonds is 1. The number of hydrogen-bond acceptors (Lipinski definition) is 2. The van der Waals surface area contributed by atoms with Gasteiger partial charge in [-0.15, -0.1) is 0 Å². The van der Waals surface area contributed by atoms with Crippen LogP contribution in [0.1, 0.15) is 6.42 Å². The van der Waals surface area contributed by atoms with E-state index in [1.807, 2.05) is 0 Å². The summed E-state index contributed by atoms with van der Waals surface area (Å²) in [7, 11) is 0. The summed E-state index contributed by atoms with van der Waals surface area (Å²) in [6.07, 6.45) is 0.246. The van der Waals surface area contributed by atoms with Crippen molar-refractivity contribution in [3.8, 4) is 0 Å². The first-order valence-electron chi connectivity index (χ1n) is 5.21. The summed E-state index contributed by atoms with van der Waals surface area (Å²) in [4.78, 5) is 24.6. The minimum absolute atomic E-state index is 0.0250. The Kier molecular flexibility index (Phi) is 4.14. The Bertz CT molecular complexity index is 522. The summed E-state index contributed by atoms with van der Waals surface area (Å²) in [5, 5.41) is 3.18. The highest BCUT2D eigenvalue weighted by Gasteiger charge is 2.24. The van der Waals surface area contributed by atoms with Crippen LogP contribution in [-0.2, 0) is 9.59 Å². The average molecular weight is 352 g/mol. The van der Waals surface area contributed by atoms with E-state index in [1.54, 1.807) is 12.1 Å². The fourth-order valence-corrected chi connectivity index (χ4v) is 2.55. The van der Waals surface area contributed by atoms with E-state index in [2.05, 4.69) is 21.2 Å². The molecule has 0 bridgehead atoms. The maximum absolute atomic E-state index is 11.9. The van der Waals surface area contributed by atoms with Crippen molar-refractivity contribution in [3.63, 3.8) is 0 Å². The first kappa shape index (κ1) is 13.6. The van der Waals surface area contributed by atoms with E-state index in [9.17, 15) is 9.59 Å². The third kappa shape index (κ3) is 2.63. The van der Waals surface area contributed by atoms with Crippen molar-refractivity contribution in [1.82, 2.24) is 5.32 Å². The van der Waals surface area contributed by atoms with Crippen LogP contribution in [0.2, 0.25) is 10.0 Å². The van der Waals surface area contributed by atoms with Gasteiger partial charge in [0, 0.05) is 17.4 Å². The van der Waals surface area contributed by atoms with E-state index in [0.717, 1.165) is 0 Å². The predicted molar refractivity (Wildman–Crippen MR) is 74.1 cm³/mol. The third-order valence-electron chi connectivity index (χ3n) is 2.61. The fraction of sp³-hybridized carbons (Fsp3) is 0.273. The molecule has 0 atom stereocenters. The Balaban J connectivity index is 2.38. The van der Waals surface area contributed by atoms with Gasteiger partial charge >= 0.3 is 0 Å². The maximum atomic E-state index is 11.9. The minimum atomic E-state index is -0.207. The first-order valence-corrected chi connectivity index (χ1v) is 6.76. The Morgan fingerprint density at radius 2 is 1.94 bits per heavy atom. The standard InChI is InChI=1S/C11H9BrCl2N2O2/c12-6-1-2-7(11(14)10(6)13)16-4-3-8(17)15-5-9(16)18/h1-2H,3-5H2,(H,15,17). The minimum Gasteiger partial charge on any atom is -0.347 e. The summed E-state index contributed by atoms with van der Waals surface area (Å²) in [6.45, 7) is 0.269. The zero-order valence-corrected chi connectivity index (χ0v) is 12.3. The van der Waals surface area contributed by atoms with E-state index >= 15 is 0 Å². The highest BCUT2D eigenvalue weighted by molar-refractivity contribution is 9.10. The quantitative estimate of drug-likeness (QED) is 0.790. The highest BCUT2D eigenvalue weighted by atomic mass is 79.9. The molecule has 2 amide bonds. The molecular weight excluding hydrogens is 343 g/mol. The smallest absolute Gasteiger partial charge is 0.246 e. The highest BCUT2D eigenvalue weighted by Crippen LogP contribution is 2.37. The van der Waals surface area contributed by atoms with Crippen LogP contribution in [0.5, 0.6) is 0 Å². The van der Waals surface area contributed by atoms with Crippen LogP contribution in [0, 0.1) is 0 Å². The van der Waals surface area contributed by atoms with Crippen molar-refractivity contribution in [1.29, 1.82) is 0 Å². The van der Waals surface area contributed by atoms with Crippen LogP contribution in [-0.4, -0.2) is 24.9 Å². The molecule has 18 heavy (non-hydrogen) atoms. The molecule has 1 heterocycles. The van der Waals surface area contributed by atoms with E-state index in [1.165, 1.54) is 4.90 Å². The SMILES string of the molecule is O=C1CCN(c2ccc(Br)c(Cl)c2Cl)C(=O)CN1. The molecule has 1 saturated heterocycles. The number of nitrogens with one attached hydrogen (secondary N) is 1. The van der Waals surface area contributed by atoms with Crippen LogP contribution >= 0.6 is 39.1 Å². The van der Waals surface area contributed by atoms with E-state index in [4.69, 9.17) is 23.2 Å². The number of halogens is 3. The molecule has 0 radical (unpaired) electrons. The fourth-order valence-electron chi connectivity index (χ4n) is 1.68. The van der Waals surface area contributed by atoms with Gasteiger partial charge in [0.05, 0.1) is 22.3 Å². The number of hydrogen-bond donors (Lipinski definition) is 1. The van der Waals surface area contributed by atoms with Crippen LogP contribution < -0.4 is 10.2 Å². The second kappa shape index (κ2) is 5.47. The molecule has 0 unspecified atom stereocenters. The Morgan fingerprint density at radius 3 is 2.67 bits per heavy atom. The molecule has 96 valence electrons. The predicted octanol–water partition coefficient (Wildman–Crippen LogP) is 2.61. The number of nitrogens with zero attached hydrogens (tertiary/aromatic N) is 1. The molecule has 0 spiro atoms. The first-order chi connectivity index (χ1) is 8.50. The van der Waals surface area contributed by atoms with Gasteiger partial charge in [0.1, 0.15) is 0 Å². The normalized spacial score (nSPS) is 16.5. The third-order valence-corrected chi connectivity index (χ3v) is 4.37. The number of anilines is 1. The second-order valence-electron chi connectivity index (χ2n) is 3.77. The molecule has 0 saturated carbocycles. The zero-order valence-electron chi connectivity index (χ0n) is 9.17. The van der Waals surface area contributed by atoms with Gasteiger partial charge in [0.25, 0.3) is 0 Å². The molecule has 1 fully saturated rings. The molecule has 7 heteroatoms. The molecule has 1 aromatic rings. The van der Waals surface area contributed by atoms with Gasteiger partial charge in [-0.3, -0.25) is 9.59 Å².